The summed E-state index contributed by atoms with van der Waals surface area (Å²) in [5, 5.41) is 3.45. The van der Waals surface area contributed by atoms with Crippen molar-refractivity contribution in [3.05, 3.63) is 28.2 Å². The van der Waals surface area contributed by atoms with Gasteiger partial charge in [0.1, 0.15) is 11.9 Å². The highest BCUT2D eigenvalue weighted by atomic mass is 79.9. The molecular weight excluding hydrogens is 302 g/mol. The first-order valence-corrected chi connectivity index (χ1v) is 7.96. The number of nitrogens with one attached hydrogen (secondary N) is 1. The molecule has 2 nitrogen and oxygen atoms in total. The zero-order valence-electron chi connectivity index (χ0n) is 12.3. The lowest BCUT2D eigenvalue weighted by Gasteiger charge is -2.55. The topological polar surface area (TPSA) is 21.3 Å². The van der Waals surface area contributed by atoms with Crippen molar-refractivity contribution in [1.29, 1.82) is 0 Å². The predicted molar refractivity (Wildman–Crippen MR) is 83.8 cm³/mol. The number of hydrogen-bond acceptors (Lipinski definition) is 2. The summed E-state index contributed by atoms with van der Waals surface area (Å²) in [5.41, 5.74) is 1.48. The zero-order chi connectivity index (χ0) is 14.0. The van der Waals surface area contributed by atoms with E-state index in [4.69, 9.17) is 4.74 Å². The van der Waals surface area contributed by atoms with E-state index in [9.17, 15) is 0 Å². The van der Waals surface area contributed by atoms with Gasteiger partial charge in [0.25, 0.3) is 0 Å². The maximum absolute atomic E-state index is 6.31. The lowest BCUT2D eigenvalue weighted by atomic mass is 9.58. The Morgan fingerprint density at radius 2 is 2.05 bits per heavy atom. The van der Waals surface area contributed by atoms with Crippen LogP contribution in [0.25, 0.3) is 0 Å². The Balaban J connectivity index is 2.15. The zero-order valence-corrected chi connectivity index (χ0v) is 13.9. The molecule has 2 rings (SSSR count). The minimum Gasteiger partial charge on any atom is -0.489 e. The molecule has 1 aliphatic carbocycles. The van der Waals surface area contributed by atoms with Gasteiger partial charge in [-0.05, 0) is 50.6 Å². The molecule has 1 N–H and O–H groups in total. The monoisotopic (exact) mass is 325 g/mol. The van der Waals surface area contributed by atoms with Crippen LogP contribution >= 0.6 is 15.9 Å². The molecule has 1 fully saturated rings. The molecule has 106 valence electrons. The molecule has 0 amide bonds. The first kappa shape index (κ1) is 14.9. The highest BCUT2D eigenvalue weighted by Gasteiger charge is 2.53. The van der Waals surface area contributed by atoms with Gasteiger partial charge in [0.2, 0.25) is 0 Å². The van der Waals surface area contributed by atoms with Gasteiger partial charge in [-0.2, -0.15) is 0 Å². The van der Waals surface area contributed by atoms with Gasteiger partial charge < -0.3 is 10.1 Å². The predicted octanol–water partition coefficient (Wildman–Crippen LogP) is 4.30. The SMILES string of the molecule is CCC1(CC)C(NC)CC1Oc1ccc(Br)cc1C. The first-order valence-electron chi connectivity index (χ1n) is 7.17. The fourth-order valence-electron chi connectivity index (χ4n) is 3.41. The Morgan fingerprint density at radius 1 is 1.37 bits per heavy atom. The van der Waals surface area contributed by atoms with Crippen molar-refractivity contribution in [2.75, 3.05) is 7.05 Å². The molecule has 0 aromatic heterocycles. The number of aryl methyl sites for hydroxylation is 1. The summed E-state index contributed by atoms with van der Waals surface area (Å²) < 4.78 is 7.41. The molecule has 0 heterocycles. The summed E-state index contributed by atoms with van der Waals surface area (Å²) in [6.07, 6.45) is 3.76. The second-order valence-electron chi connectivity index (χ2n) is 5.53. The molecule has 1 aromatic rings. The third-order valence-corrected chi connectivity index (χ3v) is 5.35. The first-order chi connectivity index (χ1) is 9.07. The summed E-state index contributed by atoms with van der Waals surface area (Å²) in [7, 11) is 2.06. The number of benzene rings is 1. The van der Waals surface area contributed by atoms with Gasteiger partial charge in [0.15, 0.2) is 0 Å². The van der Waals surface area contributed by atoms with E-state index in [1.165, 1.54) is 5.56 Å². The Kier molecular flexibility index (Phi) is 4.57. The van der Waals surface area contributed by atoms with Gasteiger partial charge in [0.05, 0.1) is 0 Å². The van der Waals surface area contributed by atoms with Crippen LogP contribution in [0.4, 0.5) is 0 Å². The average Bonchev–Trinajstić information content (AvgIpc) is 2.38. The molecule has 0 saturated heterocycles. The average molecular weight is 326 g/mol. The van der Waals surface area contributed by atoms with Gasteiger partial charge >= 0.3 is 0 Å². The third-order valence-electron chi connectivity index (χ3n) is 4.86. The molecule has 0 bridgehead atoms. The van der Waals surface area contributed by atoms with Crippen molar-refractivity contribution in [1.82, 2.24) is 5.32 Å². The largest absolute Gasteiger partial charge is 0.489 e. The van der Waals surface area contributed by atoms with Crippen LogP contribution in [0.15, 0.2) is 22.7 Å². The highest BCUT2D eigenvalue weighted by molar-refractivity contribution is 9.10. The van der Waals surface area contributed by atoms with Crippen LogP contribution in [0.1, 0.15) is 38.7 Å². The van der Waals surface area contributed by atoms with Crippen LogP contribution in [-0.2, 0) is 0 Å². The Hall–Kier alpha value is -0.540. The van der Waals surface area contributed by atoms with Crippen molar-refractivity contribution in [2.24, 2.45) is 5.41 Å². The van der Waals surface area contributed by atoms with Crippen molar-refractivity contribution >= 4 is 15.9 Å². The van der Waals surface area contributed by atoms with Crippen LogP contribution in [0, 0.1) is 12.3 Å². The van der Waals surface area contributed by atoms with Crippen LogP contribution < -0.4 is 10.1 Å². The summed E-state index contributed by atoms with van der Waals surface area (Å²) in [4.78, 5) is 0. The van der Waals surface area contributed by atoms with Crippen LogP contribution in [0.3, 0.4) is 0 Å². The Labute approximate surface area is 125 Å². The van der Waals surface area contributed by atoms with E-state index in [-0.39, 0.29) is 5.41 Å². The summed E-state index contributed by atoms with van der Waals surface area (Å²) in [6, 6.07) is 6.82. The summed E-state index contributed by atoms with van der Waals surface area (Å²) >= 11 is 3.50. The molecule has 19 heavy (non-hydrogen) atoms. The number of halogens is 1. The van der Waals surface area contributed by atoms with Crippen molar-refractivity contribution < 1.29 is 4.74 Å². The molecule has 1 aliphatic rings. The molecule has 2 unspecified atom stereocenters. The van der Waals surface area contributed by atoms with E-state index < -0.39 is 0 Å². The van der Waals surface area contributed by atoms with E-state index in [1.54, 1.807) is 0 Å². The molecule has 3 heteroatoms. The molecule has 0 spiro atoms. The van der Waals surface area contributed by atoms with E-state index in [0.29, 0.717) is 12.1 Å². The van der Waals surface area contributed by atoms with Gasteiger partial charge in [0, 0.05) is 22.4 Å². The van der Waals surface area contributed by atoms with Crippen LogP contribution in [0.2, 0.25) is 0 Å². The molecule has 1 saturated carbocycles. The van der Waals surface area contributed by atoms with Crippen molar-refractivity contribution in [2.45, 2.75) is 52.2 Å². The van der Waals surface area contributed by atoms with Gasteiger partial charge in [-0.1, -0.05) is 29.8 Å². The third kappa shape index (κ3) is 2.55. The molecular formula is C16H24BrNO. The van der Waals surface area contributed by atoms with E-state index in [2.05, 4.69) is 67.3 Å². The maximum Gasteiger partial charge on any atom is 0.122 e. The summed E-state index contributed by atoms with van der Waals surface area (Å²) in [5.74, 6) is 1.02. The maximum atomic E-state index is 6.31. The number of hydrogen-bond donors (Lipinski definition) is 1. The molecule has 2 atom stereocenters. The fourth-order valence-corrected chi connectivity index (χ4v) is 3.89. The smallest absolute Gasteiger partial charge is 0.122 e. The molecule has 1 aromatic carbocycles. The fraction of sp³-hybridized carbons (Fsp3) is 0.625. The second-order valence-corrected chi connectivity index (χ2v) is 6.45. The molecule has 0 radical (unpaired) electrons. The number of ether oxygens (including phenoxy) is 1. The Morgan fingerprint density at radius 3 is 2.58 bits per heavy atom. The van der Waals surface area contributed by atoms with Crippen molar-refractivity contribution in [3.8, 4) is 5.75 Å². The normalized spacial score (nSPS) is 24.9. The van der Waals surface area contributed by atoms with Crippen molar-refractivity contribution in [3.63, 3.8) is 0 Å². The molecule has 0 aliphatic heterocycles. The second kappa shape index (κ2) is 5.84. The van der Waals surface area contributed by atoms with E-state index in [1.807, 2.05) is 0 Å². The quantitative estimate of drug-likeness (QED) is 0.871. The van der Waals surface area contributed by atoms with E-state index in [0.717, 1.165) is 29.5 Å². The van der Waals surface area contributed by atoms with Crippen LogP contribution in [0.5, 0.6) is 5.75 Å². The van der Waals surface area contributed by atoms with Gasteiger partial charge in [-0.3, -0.25) is 0 Å². The van der Waals surface area contributed by atoms with Gasteiger partial charge in [-0.15, -0.1) is 0 Å². The highest BCUT2D eigenvalue weighted by Crippen LogP contribution is 2.49. The Bertz CT molecular complexity index is 442. The van der Waals surface area contributed by atoms with Gasteiger partial charge in [-0.25, -0.2) is 0 Å². The lowest BCUT2D eigenvalue weighted by Crippen LogP contribution is -2.63. The standard InChI is InChI=1S/C16H24BrNO/c1-5-16(6-2)14(18-4)10-15(16)19-13-8-7-12(17)9-11(13)3/h7-9,14-15,18H,5-6,10H2,1-4H3. The van der Waals surface area contributed by atoms with E-state index >= 15 is 0 Å². The van der Waals surface area contributed by atoms with Crippen LogP contribution in [-0.4, -0.2) is 19.2 Å². The lowest BCUT2D eigenvalue weighted by molar-refractivity contribution is -0.0838. The summed E-state index contributed by atoms with van der Waals surface area (Å²) in [6.45, 7) is 6.66. The number of rotatable bonds is 5. The minimum absolute atomic E-state index is 0.286. The minimum atomic E-state index is 0.286.